The van der Waals surface area contributed by atoms with Gasteiger partial charge in [0.1, 0.15) is 6.10 Å². The van der Waals surface area contributed by atoms with Crippen molar-refractivity contribution in [1.82, 2.24) is 4.90 Å². The zero-order valence-electron chi connectivity index (χ0n) is 7.92. The molecule has 3 N–H and O–H groups in total. The SMILES string of the molecule is CC(C)N1CCC(O[P+](O)(O)O)C1. The summed E-state index contributed by atoms with van der Waals surface area (Å²) in [5.41, 5.74) is 0. The number of hydrogen-bond acceptors (Lipinski definition) is 5. The van der Waals surface area contributed by atoms with Gasteiger partial charge in [0.15, 0.2) is 0 Å². The minimum absolute atomic E-state index is 0.254. The molecule has 1 saturated heterocycles. The average molecular weight is 210 g/mol. The summed E-state index contributed by atoms with van der Waals surface area (Å²) >= 11 is 0. The maximum Gasteiger partial charge on any atom is 0.567 e. The van der Waals surface area contributed by atoms with Crippen LogP contribution < -0.4 is 0 Å². The first kappa shape index (κ1) is 11.3. The molecule has 1 aliphatic rings. The largest absolute Gasteiger partial charge is 0.567 e. The highest BCUT2D eigenvalue weighted by atomic mass is 31.2. The van der Waals surface area contributed by atoms with E-state index in [1.54, 1.807) is 0 Å². The molecule has 1 fully saturated rings. The second-order valence-corrected chi connectivity index (χ2v) is 4.86. The van der Waals surface area contributed by atoms with Gasteiger partial charge in [0.2, 0.25) is 0 Å². The molecule has 0 saturated carbocycles. The molecule has 1 aliphatic heterocycles. The van der Waals surface area contributed by atoms with Gasteiger partial charge < -0.3 is 0 Å². The molecule has 1 heterocycles. The molecule has 0 bridgehead atoms. The summed E-state index contributed by atoms with van der Waals surface area (Å²) in [7, 11) is -4.05. The normalized spacial score (nSPS) is 25.8. The topological polar surface area (TPSA) is 73.2 Å². The zero-order chi connectivity index (χ0) is 10.1. The van der Waals surface area contributed by atoms with E-state index in [1.165, 1.54) is 0 Å². The molecule has 0 aliphatic carbocycles. The third-order valence-electron chi connectivity index (χ3n) is 2.20. The third-order valence-corrected chi connectivity index (χ3v) is 2.78. The Kier molecular flexibility index (Phi) is 3.63. The van der Waals surface area contributed by atoms with Gasteiger partial charge in [-0.1, -0.05) is 0 Å². The highest BCUT2D eigenvalue weighted by molar-refractivity contribution is 7.53. The quantitative estimate of drug-likeness (QED) is 0.578. The second-order valence-electron chi connectivity index (χ2n) is 3.62. The molecule has 6 heteroatoms. The predicted molar refractivity (Wildman–Crippen MR) is 49.8 cm³/mol. The van der Waals surface area contributed by atoms with Crippen LogP contribution in [0.5, 0.6) is 0 Å². The van der Waals surface area contributed by atoms with Gasteiger partial charge in [-0.2, -0.15) is 14.7 Å². The summed E-state index contributed by atoms with van der Waals surface area (Å²) in [4.78, 5) is 28.2. The van der Waals surface area contributed by atoms with Crippen LogP contribution in [0.3, 0.4) is 0 Å². The van der Waals surface area contributed by atoms with Gasteiger partial charge in [-0.15, -0.1) is 4.52 Å². The summed E-state index contributed by atoms with van der Waals surface area (Å²) in [5, 5.41) is 0. The summed E-state index contributed by atoms with van der Waals surface area (Å²) < 4.78 is 4.72. The molecular weight excluding hydrogens is 193 g/mol. The molecule has 0 spiro atoms. The lowest BCUT2D eigenvalue weighted by Crippen LogP contribution is -2.29. The van der Waals surface area contributed by atoms with Crippen LogP contribution in [0.4, 0.5) is 0 Å². The Morgan fingerprint density at radius 1 is 1.38 bits per heavy atom. The Hall–Kier alpha value is 0.230. The lowest BCUT2D eigenvalue weighted by Gasteiger charge is -2.19. The van der Waals surface area contributed by atoms with Crippen LogP contribution in [0.2, 0.25) is 0 Å². The van der Waals surface area contributed by atoms with Gasteiger partial charge in [0.05, 0.1) is 0 Å². The van der Waals surface area contributed by atoms with Gasteiger partial charge in [-0.05, 0) is 20.3 Å². The lowest BCUT2D eigenvalue weighted by atomic mass is 10.3. The fourth-order valence-corrected chi connectivity index (χ4v) is 2.08. The van der Waals surface area contributed by atoms with E-state index in [0.29, 0.717) is 12.6 Å². The van der Waals surface area contributed by atoms with Gasteiger partial charge in [-0.3, -0.25) is 4.90 Å². The average Bonchev–Trinajstić information content (AvgIpc) is 2.31. The molecule has 0 amide bonds. The molecule has 13 heavy (non-hydrogen) atoms. The zero-order valence-corrected chi connectivity index (χ0v) is 8.81. The smallest absolute Gasteiger partial charge is 0.298 e. The molecule has 78 valence electrons. The summed E-state index contributed by atoms with van der Waals surface area (Å²) in [6.07, 6.45) is 0.484. The number of nitrogens with zero attached hydrogens (tertiary/aromatic N) is 1. The number of hydrogen-bond donors (Lipinski definition) is 3. The van der Waals surface area contributed by atoms with Gasteiger partial charge in [0.25, 0.3) is 0 Å². The van der Waals surface area contributed by atoms with Crippen molar-refractivity contribution in [3.05, 3.63) is 0 Å². The van der Waals surface area contributed by atoms with Crippen LogP contribution in [0.1, 0.15) is 20.3 Å². The van der Waals surface area contributed by atoms with Crippen molar-refractivity contribution in [2.75, 3.05) is 13.1 Å². The van der Waals surface area contributed by atoms with Crippen molar-refractivity contribution in [3.63, 3.8) is 0 Å². The molecule has 0 aromatic rings. The third kappa shape index (κ3) is 3.85. The van der Waals surface area contributed by atoms with E-state index in [4.69, 9.17) is 19.2 Å². The molecular formula is C7H17NO4P+. The van der Waals surface area contributed by atoms with Crippen LogP contribution in [0.15, 0.2) is 0 Å². The summed E-state index contributed by atoms with van der Waals surface area (Å²) in [6.45, 7) is 5.67. The summed E-state index contributed by atoms with van der Waals surface area (Å²) in [5.74, 6) is 0. The molecule has 0 aromatic carbocycles. The van der Waals surface area contributed by atoms with Crippen molar-refractivity contribution < 1.29 is 19.2 Å². The van der Waals surface area contributed by atoms with Crippen molar-refractivity contribution in [3.8, 4) is 0 Å². The Labute approximate surface area is 78.6 Å². The standard InChI is InChI=1S/C7H17NO4P/c1-6(2)8-4-3-7(5-8)12-13(9,10)11/h6-7,9-11H,3-5H2,1-2H3/q+1. The number of likely N-dealkylation sites (tertiary alicyclic amines) is 1. The Balaban J connectivity index is 2.33. The van der Waals surface area contributed by atoms with E-state index < -0.39 is 8.17 Å². The Morgan fingerprint density at radius 2 is 2.00 bits per heavy atom. The Morgan fingerprint density at radius 3 is 2.38 bits per heavy atom. The minimum atomic E-state index is -4.05. The van der Waals surface area contributed by atoms with Crippen molar-refractivity contribution in [2.24, 2.45) is 0 Å². The van der Waals surface area contributed by atoms with E-state index >= 15 is 0 Å². The van der Waals surface area contributed by atoms with Crippen LogP contribution in [0.25, 0.3) is 0 Å². The maximum absolute atomic E-state index is 8.68. The van der Waals surface area contributed by atoms with E-state index in [9.17, 15) is 0 Å². The fourth-order valence-electron chi connectivity index (χ4n) is 1.51. The van der Waals surface area contributed by atoms with Crippen LogP contribution in [-0.4, -0.2) is 44.8 Å². The van der Waals surface area contributed by atoms with Gasteiger partial charge in [-0.25, -0.2) is 0 Å². The van der Waals surface area contributed by atoms with Crippen LogP contribution >= 0.6 is 8.17 Å². The molecule has 0 aromatic heterocycles. The van der Waals surface area contributed by atoms with E-state index in [-0.39, 0.29) is 6.10 Å². The molecule has 1 rings (SSSR count). The highest BCUT2D eigenvalue weighted by Gasteiger charge is 2.40. The lowest BCUT2D eigenvalue weighted by molar-refractivity contribution is 0.105. The predicted octanol–water partition coefficient (Wildman–Crippen LogP) is 0.140. The first-order valence-corrected chi connectivity index (χ1v) is 5.95. The molecule has 5 nitrogen and oxygen atoms in total. The fraction of sp³-hybridized carbons (Fsp3) is 1.00. The monoisotopic (exact) mass is 210 g/mol. The Bertz CT molecular complexity index is 170. The van der Waals surface area contributed by atoms with E-state index in [1.807, 2.05) is 0 Å². The van der Waals surface area contributed by atoms with Crippen molar-refractivity contribution in [1.29, 1.82) is 0 Å². The van der Waals surface area contributed by atoms with Crippen LogP contribution in [0, 0.1) is 0 Å². The first-order chi connectivity index (χ1) is 5.88. The molecule has 1 atom stereocenters. The minimum Gasteiger partial charge on any atom is -0.298 e. The second kappa shape index (κ2) is 4.17. The van der Waals surface area contributed by atoms with Crippen molar-refractivity contribution >= 4 is 8.17 Å². The van der Waals surface area contributed by atoms with Crippen LogP contribution in [-0.2, 0) is 4.52 Å². The van der Waals surface area contributed by atoms with Gasteiger partial charge in [0, 0.05) is 19.1 Å². The highest BCUT2D eigenvalue weighted by Crippen LogP contribution is 2.48. The first-order valence-electron chi connectivity index (χ1n) is 4.38. The van der Waals surface area contributed by atoms with E-state index in [0.717, 1.165) is 13.0 Å². The molecule has 1 unspecified atom stereocenters. The number of rotatable bonds is 3. The maximum atomic E-state index is 8.68. The van der Waals surface area contributed by atoms with E-state index in [2.05, 4.69) is 18.7 Å². The summed E-state index contributed by atoms with van der Waals surface area (Å²) in [6, 6.07) is 0.428. The van der Waals surface area contributed by atoms with Gasteiger partial charge >= 0.3 is 8.17 Å². The van der Waals surface area contributed by atoms with Crippen molar-refractivity contribution in [2.45, 2.75) is 32.4 Å². The molecule has 0 radical (unpaired) electrons.